The highest BCUT2D eigenvalue weighted by Crippen LogP contribution is 2.25. The Labute approximate surface area is 177 Å². The van der Waals surface area contributed by atoms with Gasteiger partial charge in [-0.1, -0.05) is 6.07 Å². The summed E-state index contributed by atoms with van der Waals surface area (Å²) >= 11 is 1.59. The molecule has 1 N–H and O–H groups in total. The van der Waals surface area contributed by atoms with Crippen molar-refractivity contribution in [3.63, 3.8) is 0 Å². The standard InChI is InChI=1S/C21H31N5O2S/c1-14(2)26(15(3)4)20(27)13-25-9-10-28-18(12-25)17-7-6-8-19(23-17)24-21-22-11-16(5)29-21/h6-8,11,14-15,18H,9-10,12-13H2,1-5H3,(H,22,23,24). The lowest BCUT2D eigenvalue weighted by Gasteiger charge is -2.36. The lowest BCUT2D eigenvalue weighted by atomic mass is 10.1. The van der Waals surface area contributed by atoms with Crippen LogP contribution in [0.25, 0.3) is 0 Å². The van der Waals surface area contributed by atoms with Gasteiger partial charge in [-0.2, -0.15) is 0 Å². The third kappa shape index (κ3) is 5.74. The van der Waals surface area contributed by atoms with Crippen molar-refractivity contribution in [2.75, 3.05) is 31.6 Å². The van der Waals surface area contributed by atoms with E-state index < -0.39 is 0 Å². The van der Waals surface area contributed by atoms with Crippen LogP contribution in [0, 0.1) is 6.92 Å². The summed E-state index contributed by atoms with van der Waals surface area (Å²) in [7, 11) is 0. The molecule has 0 bridgehead atoms. The van der Waals surface area contributed by atoms with Gasteiger partial charge in [0, 0.05) is 36.2 Å². The van der Waals surface area contributed by atoms with Crippen molar-refractivity contribution >= 4 is 28.2 Å². The summed E-state index contributed by atoms with van der Waals surface area (Å²) in [5.74, 6) is 0.914. The fourth-order valence-electron chi connectivity index (χ4n) is 3.69. The molecule has 2 aromatic rings. The zero-order valence-corrected chi connectivity index (χ0v) is 18.7. The van der Waals surface area contributed by atoms with Crippen molar-refractivity contribution in [3.05, 3.63) is 35.0 Å². The second-order valence-electron chi connectivity index (χ2n) is 7.93. The number of thiazole rings is 1. The van der Waals surface area contributed by atoms with E-state index in [-0.39, 0.29) is 24.1 Å². The molecule has 7 nitrogen and oxygen atoms in total. The van der Waals surface area contributed by atoms with Gasteiger partial charge in [-0.15, -0.1) is 11.3 Å². The van der Waals surface area contributed by atoms with E-state index in [1.54, 1.807) is 11.3 Å². The summed E-state index contributed by atoms with van der Waals surface area (Å²) in [4.78, 5) is 27.1. The molecule has 0 aliphatic carbocycles. The molecule has 1 unspecified atom stereocenters. The van der Waals surface area contributed by atoms with Crippen LogP contribution >= 0.6 is 11.3 Å². The minimum atomic E-state index is -0.150. The van der Waals surface area contributed by atoms with Gasteiger partial charge < -0.3 is 15.0 Å². The van der Waals surface area contributed by atoms with E-state index in [4.69, 9.17) is 9.72 Å². The minimum absolute atomic E-state index is 0.150. The fourth-order valence-corrected chi connectivity index (χ4v) is 4.36. The number of nitrogens with one attached hydrogen (secondary N) is 1. The van der Waals surface area contributed by atoms with Crippen molar-refractivity contribution in [1.29, 1.82) is 0 Å². The molecule has 3 rings (SSSR count). The highest BCUT2D eigenvalue weighted by Gasteiger charge is 2.27. The zero-order chi connectivity index (χ0) is 21.0. The van der Waals surface area contributed by atoms with Crippen molar-refractivity contribution in [2.45, 2.75) is 52.8 Å². The molecule has 2 aromatic heterocycles. The normalized spacial score (nSPS) is 17.7. The number of carbonyl (C=O) groups is 1. The number of nitrogens with zero attached hydrogens (tertiary/aromatic N) is 4. The summed E-state index contributed by atoms with van der Waals surface area (Å²) in [5.41, 5.74) is 0.866. The summed E-state index contributed by atoms with van der Waals surface area (Å²) < 4.78 is 5.97. The highest BCUT2D eigenvalue weighted by atomic mass is 32.1. The van der Waals surface area contributed by atoms with Crippen molar-refractivity contribution in [3.8, 4) is 0 Å². The molecule has 0 aromatic carbocycles. The van der Waals surface area contributed by atoms with E-state index in [0.717, 1.165) is 28.1 Å². The van der Waals surface area contributed by atoms with E-state index >= 15 is 0 Å². The monoisotopic (exact) mass is 417 g/mol. The number of carbonyl (C=O) groups excluding carboxylic acids is 1. The minimum Gasteiger partial charge on any atom is -0.369 e. The number of anilines is 2. The first-order chi connectivity index (χ1) is 13.8. The highest BCUT2D eigenvalue weighted by molar-refractivity contribution is 7.15. The van der Waals surface area contributed by atoms with E-state index in [1.807, 2.05) is 36.2 Å². The molecule has 1 aliphatic rings. The Morgan fingerprint density at radius 3 is 2.76 bits per heavy atom. The smallest absolute Gasteiger partial charge is 0.237 e. The van der Waals surface area contributed by atoms with Crippen LogP contribution in [0.2, 0.25) is 0 Å². The first-order valence-electron chi connectivity index (χ1n) is 10.1. The topological polar surface area (TPSA) is 70.6 Å². The molecule has 29 heavy (non-hydrogen) atoms. The van der Waals surface area contributed by atoms with Gasteiger partial charge in [-0.05, 0) is 46.8 Å². The van der Waals surface area contributed by atoms with Gasteiger partial charge in [0.15, 0.2) is 5.13 Å². The molecule has 0 saturated carbocycles. The van der Waals surface area contributed by atoms with E-state index in [1.165, 1.54) is 0 Å². The van der Waals surface area contributed by atoms with E-state index in [0.29, 0.717) is 19.7 Å². The van der Waals surface area contributed by atoms with Crippen molar-refractivity contribution < 1.29 is 9.53 Å². The number of rotatable bonds is 7. The largest absolute Gasteiger partial charge is 0.369 e. The van der Waals surface area contributed by atoms with Crippen molar-refractivity contribution in [2.24, 2.45) is 0 Å². The molecular formula is C21H31N5O2S. The van der Waals surface area contributed by atoms with E-state index in [2.05, 4.69) is 42.9 Å². The second-order valence-corrected chi connectivity index (χ2v) is 9.17. The zero-order valence-electron chi connectivity index (χ0n) is 17.9. The summed E-state index contributed by atoms with van der Waals surface area (Å²) in [5, 5.41) is 4.08. The molecule has 3 heterocycles. The molecule has 0 radical (unpaired) electrons. The van der Waals surface area contributed by atoms with Gasteiger partial charge in [0.25, 0.3) is 0 Å². The molecule has 1 aliphatic heterocycles. The van der Waals surface area contributed by atoms with Crippen LogP contribution in [-0.4, -0.2) is 64.0 Å². The summed E-state index contributed by atoms with van der Waals surface area (Å²) in [6.45, 7) is 12.7. The first kappa shape index (κ1) is 21.7. The quantitative estimate of drug-likeness (QED) is 0.742. The predicted molar refractivity (Wildman–Crippen MR) is 117 cm³/mol. The number of aromatic nitrogens is 2. The predicted octanol–water partition coefficient (Wildman–Crippen LogP) is 3.61. The Hall–Kier alpha value is -2.03. The number of pyridine rings is 1. The number of amides is 1. The fraction of sp³-hybridized carbons (Fsp3) is 0.571. The van der Waals surface area contributed by atoms with Gasteiger partial charge in [0.1, 0.15) is 11.9 Å². The Bertz CT molecular complexity index is 815. The van der Waals surface area contributed by atoms with Crippen LogP contribution in [0.4, 0.5) is 10.9 Å². The number of aryl methyl sites for hydroxylation is 1. The average Bonchev–Trinajstić information content (AvgIpc) is 3.06. The third-order valence-corrected chi connectivity index (χ3v) is 5.70. The maximum absolute atomic E-state index is 12.8. The van der Waals surface area contributed by atoms with Gasteiger partial charge in [-0.25, -0.2) is 9.97 Å². The molecule has 0 spiro atoms. The molecule has 1 atom stereocenters. The van der Waals surface area contributed by atoms with Crippen LogP contribution < -0.4 is 5.32 Å². The number of hydrogen-bond donors (Lipinski definition) is 1. The van der Waals surface area contributed by atoms with Gasteiger partial charge >= 0.3 is 0 Å². The van der Waals surface area contributed by atoms with Crippen molar-refractivity contribution in [1.82, 2.24) is 19.8 Å². The molecule has 158 valence electrons. The molecule has 8 heteroatoms. The SMILES string of the molecule is Cc1cnc(Nc2cccc(C3CN(CC(=O)N(C(C)C)C(C)C)CCO3)n2)s1. The average molecular weight is 418 g/mol. The first-order valence-corrected chi connectivity index (χ1v) is 11.0. The van der Waals surface area contributed by atoms with Crippen LogP contribution in [0.1, 0.15) is 44.4 Å². The molecule has 1 amide bonds. The van der Waals surface area contributed by atoms with Gasteiger partial charge in [0.2, 0.25) is 5.91 Å². The van der Waals surface area contributed by atoms with Gasteiger partial charge in [-0.3, -0.25) is 9.69 Å². The Kier molecular flexibility index (Phi) is 7.21. The molecular weight excluding hydrogens is 386 g/mol. The van der Waals surface area contributed by atoms with Crippen LogP contribution in [0.3, 0.4) is 0 Å². The second kappa shape index (κ2) is 9.65. The third-order valence-electron chi connectivity index (χ3n) is 4.87. The Morgan fingerprint density at radius 1 is 1.34 bits per heavy atom. The number of ether oxygens (including phenoxy) is 1. The lowest BCUT2D eigenvalue weighted by Crippen LogP contribution is -2.49. The maximum Gasteiger partial charge on any atom is 0.237 e. The maximum atomic E-state index is 12.8. The molecule has 1 fully saturated rings. The van der Waals surface area contributed by atoms with E-state index in [9.17, 15) is 4.79 Å². The molecule has 1 saturated heterocycles. The Balaban J connectivity index is 1.64. The summed E-state index contributed by atoms with van der Waals surface area (Å²) in [6, 6.07) is 6.25. The number of hydrogen-bond acceptors (Lipinski definition) is 7. The Morgan fingerprint density at radius 2 is 2.10 bits per heavy atom. The van der Waals surface area contributed by atoms with Crippen LogP contribution in [0.15, 0.2) is 24.4 Å². The lowest BCUT2D eigenvalue weighted by molar-refractivity contribution is -0.138. The van der Waals surface area contributed by atoms with Crippen LogP contribution in [-0.2, 0) is 9.53 Å². The van der Waals surface area contributed by atoms with Gasteiger partial charge in [0.05, 0.1) is 18.8 Å². The van der Waals surface area contributed by atoms with Crippen LogP contribution in [0.5, 0.6) is 0 Å². The number of morpholine rings is 1. The summed E-state index contributed by atoms with van der Waals surface area (Å²) in [6.07, 6.45) is 1.69.